The maximum Gasteiger partial charge on any atom is 0.0709 e. The molecule has 1 nitrogen and oxygen atoms in total. The van der Waals surface area contributed by atoms with Crippen molar-refractivity contribution in [1.82, 2.24) is 4.98 Å². The molecule has 0 radical (unpaired) electrons. The fourth-order valence-corrected chi connectivity index (χ4v) is 8.55. The predicted molar refractivity (Wildman–Crippen MR) is 181 cm³/mol. The van der Waals surface area contributed by atoms with Gasteiger partial charge in [0.05, 0.1) is 11.2 Å². The number of hydrogen-bond acceptors (Lipinski definition) is 1. The van der Waals surface area contributed by atoms with Gasteiger partial charge in [-0.3, -0.25) is 0 Å². The number of fused-ring (bicyclic) bond motifs is 6. The monoisotopic (exact) mass is 547 g/mol. The number of aromatic nitrogens is 1. The lowest BCUT2D eigenvalue weighted by Crippen LogP contribution is -2.20. The third-order valence-electron chi connectivity index (χ3n) is 10.6. The van der Waals surface area contributed by atoms with Crippen molar-refractivity contribution in [2.45, 2.75) is 31.1 Å². The molecule has 1 spiro atoms. The molecule has 202 valence electrons. The Hall–Kier alpha value is -5.01. The van der Waals surface area contributed by atoms with Crippen LogP contribution in [0.5, 0.6) is 0 Å². The van der Waals surface area contributed by atoms with E-state index >= 15 is 0 Å². The molecule has 0 amide bonds. The van der Waals surface area contributed by atoms with Crippen molar-refractivity contribution in [3.8, 4) is 33.5 Å². The first-order valence-corrected chi connectivity index (χ1v) is 15.6. The largest absolute Gasteiger partial charge is 0.248 e. The van der Waals surface area contributed by atoms with Crippen molar-refractivity contribution in [2.24, 2.45) is 0 Å². The molecule has 0 bridgehead atoms. The van der Waals surface area contributed by atoms with Crippen molar-refractivity contribution in [1.29, 1.82) is 0 Å². The Morgan fingerprint density at radius 2 is 1.07 bits per heavy atom. The Balaban J connectivity index is 1.15. The summed E-state index contributed by atoms with van der Waals surface area (Å²) in [5.74, 6) is 0. The van der Waals surface area contributed by atoms with Gasteiger partial charge < -0.3 is 0 Å². The van der Waals surface area contributed by atoms with Crippen molar-refractivity contribution in [3.63, 3.8) is 0 Å². The summed E-state index contributed by atoms with van der Waals surface area (Å²) in [6.07, 6.45) is 4.98. The Kier molecular flexibility index (Phi) is 4.66. The van der Waals surface area contributed by atoms with Crippen LogP contribution in [-0.2, 0) is 5.41 Å². The Labute approximate surface area is 250 Å². The lowest BCUT2D eigenvalue weighted by atomic mass is 9.75. The fourth-order valence-electron chi connectivity index (χ4n) is 8.55. The van der Waals surface area contributed by atoms with Crippen LogP contribution in [-0.4, -0.2) is 4.98 Å². The van der Waals surface area contributed by atoms with E-state index in [0.717, 1.165) is 11.2 Å². The highest BCUT2D eigenvalue weighted by Gasteiger charge is 2.45. The van der Waals surface area contributed by atoms with Crippen molar-refractivity contribution in [3.05, 3.63) is 139 Å². The van der Waals surface area contributed by atoms with E-state index in [9.17, 15) is 0 Å². The molecule has 10 rings (SSSR count). The van der Waals surface area contributed by atoms with E-state index in [0.29, 0.717) is 0 Å². The number of nitrogens with zero attached hydrogens (tertiary/aromatic N) is 1. The van der Waals surface area contributed by atoms with Crippen LogP contribution in [0.15, 0.2) is 127 Å². The highest BCUT2D eigenvalue weighted by atomic mass is 14.7. The zero-order valence-electron chi connectivity index (χ0n) is 23.9. The van der Waals surface area contributed by atoms with E-state index in [1.165, 1.54) is 102 Å². The lowest BCUT2D eigenvalue weighted by Gasteiger charge is -2.27. The first-order chi connectivity index (χ1) is 21.3. The smallest absolute Gasteiger partial charge is 0.0709 e. The molecular weight excluding hydrogens is 518 g/mol. The van der Waals surface area contributed by atoms with Crippen molar-refractivity contribution < 1.29 is 0 Å². The van der Waals surface area contributed by atoms with E-state index in [1.807, 2.05) is 0 Å². The standard InChI is InChI=1S/C42H29N/c1-2-9-38-26(6-1)16-21-39(43-38)31-15-19-34-33-18-14-30(24-36(33)42(37(34)25-31)22-3-4-23-42)32-17-12-29-11-10-27-7-5-8-28-13-20-35(32)41(29)40(27)28/h1-2,5-21,24-25H,3-4,22-23H2. The molecule has 0 aliphatic heterocycles. The summed E-state index contributed by atoms with van der Waals surface area (Å²) in [5, 5.41) is 9.26. The third kappa shape index (κ3) is 3.20. The summed E-state index contributed by atoms with van der Waals surface area (Å²) in [5.41, 5.74) is 11.9. The number of rotatable bonds is 2. The average molecular weight is 548 g/mol. The summed E-state index contributed by atoms with van der Waals surface area (Å²) in [4.78, 5) is 5.05. The van der Waals surface area contributed by atoms with Crippen LogP contribution in [0.3, 0.4) is 0 Å². The van der Waals surface area contributed by atoms with Gasteiger partial charge >= 0.3 is 0 Å². The third-order valence-corrected chi connectivity index (χ3v) is 10.6. The topological polar surface area (TPSA) is 12.9 Å². The molecule has 43 heavy (non-hydrogen) atoms. The minimum atomic E-state index is 0.0807. The van der Waals surface area contributed by atoms with E-state index in [-0.39, 0.29) is 5.41 Å². The van der Waals surface area contributed by atoms with Gasteiger partial charge in [-0.25, -0.2) is 4.98 Å². The van der Waals surface area contributed by atoms with Gasteiger partial charge in [0, 0.05) is 16.4 Å². The maximum absolute atomic E-state index is 5.05. The predicted octanol–water partition coefficient (Wildman–Crippen LogP) is 11.3. The van der Waals surface area contributed by atoms with Crippen LogP contribution < -0.4 is 0 Å². The second kappa shape index (κ2) is 8.52. The molecule has 0 N–H and O–H groups in total. The highest BCUT2D eigenvalue weighted by molar-refractivity contribution is 6.25. The van der Waals surface area contributed by atoms with Gasteiger partial charge in [-0.2, -0.15) is 0 Å². The number of pyridine rings is 1. The van der Waals surface area contributed by atoms with Crippen LogP contribution in [0, 0.1) is 0 Å². The fraction of sp³-hybridized carbons (Fsp3) is 0.119. The van der Waals surface area contributed by atoms with E-state index in [4.69, 9.17) is 4.98 Å². The number of hydrogen-bond donors (Lipinski definition) is 0. The molecular formula is C42H29N. The second-order valence-corrected chi connectivity index (χ2v) is 12.7. The molecule has 2 aliphatic carbocycles. The lowest BCUT2D eigenvalue weighted by molar-refractivity contribution is 0.550. The molecule has 2 aliphatic rings. The first kappa shape index (κ1) is 23.5. The molecule has 1 fully saturated rings. The summed E-state index contributed by atoms with van der Waals surface area (Å²) in [6.45, 7) is 0. The Morgan fingerprint density at radius 1 is 0.465 bits per heavy atom. The van der Waals surface area contributed by atoms with E-state index < -0.39 is 0 Å². The molecule has 1 heterocycles. The maximum atomic E-state index is 5.05. The molecule has 1 aromatic heterocycles. The summed E-state index contributed by atoms with van der Waals surface area (Å²) < 4.78 is 0. The number of para-hydroxylation sites is 1. The minimum Gasteiger partial charge on any atom is -0.248 e. The van der Waals surface area contributed by atoms with Crippen molar-refractivity contribution >= 4 is 43.2 Å². The minimum absolute atomic E-state index is 0.0807. The average Bonchev–Trinajstić information content (AvgIpc) is 3.67. The zero-order valence-corrected chi connectivity index (χ0v) is 23.9. The van der Waals surface area contributed by atoms with Crippen LogP contribution >= 0.6 is 0 Å². The number of benzene rings is 7. The summed E-state index contributed by atoms with van der Waals surface area (Å²) in [7, 11) is 0. The molecule has 8 aromatic rings. The van der Waals surface area contributed by atoms with Crippen LogP contribution in [0.2, 0.25) is 0 Å². The molecule has 1 heteroatoms. The van der Waals surface area contributed by atoms with Gasteiger partial charge in [-0.15, -0.1) is 0 Å². The SMILES string of the molecule is c1ccc2nc(-c3ccc4c(c3)C3(CCCC3)c3cc(-c5ccc6ccc7cccc8ccc5c6c78)ccc3-4)ccc2c1. The second-order valence-electron chi connectivity index (χ2n) is 12.7. The molecule has 1 saturated carbocycles. The van der Waals surface area contributed by atoms with Gasteiger partial charge in [0.2, 0.25) is 0 Å². The van der Waals surface area contributed by atoms with Gasteiger partial charge in [-0.1, -0.05) is 116 Å². The van der Waals surface area contributed by atoms with Gasteiger partial charge in [0.15, 0.2) is 0 Å². The normalized spacial score (nSPS) is 15.3. The van der Waals surface area contributed by atoms with Crippen LogP contribution in [0.4, 0.5) is 0 Å². The van der Waals surface area contributed by atoms with Gasteiger partial charge in [-0.05, 0) is 103 Å². The van der Waals surface area contributed by atoms with Crippen LogP contribution in [0.1, 0.15) is 36.8 Å². The molecule has 0 unspecified atom stereocenters. The van der Waals surface area contributed by atoms with E-state index in [2.05, 4.69) is 127 Å². The van der Waals surface area contributed by atoms with Gasteiger partial charge in [0.1, 0.15) is 0 Å². The summed E-state index contributed by atoms with van der Waals surface area (Å²) in [6, 6.07) is 47.7. The van der Waals surface area contributed by atoms with Gasteiger partial charge in [0.25, 0.3) is 0 Å². The Bertz CT molecular complexity index is 2390. The van der Waals surface area contributed by atoms with Crippen molar-refractivity contribution in [2.75, 3.05) is 0 Å². The Morgan fingerprint density at radius 3 is 1.88 bits per heavy atom. The van der Waals surface area contributed by atoms with Crippen LogP contribution in [0.25, 0.3) is 76.7 Å². The molecule has 0 saturated heterocycles. The summed E-state index contributed by atoms with van der Waals surface area (Å²) >= 11 is 0. The molecule has 7 aromatic carbocycles. The molecule has 0 atom stereocenters. The highest BCUT2D eigenvalue weighted by Crippen LogP contribution is 2.58. The quantitative estimate of drug-likeness (QED) is 0.196. The zero-order chi connectivity index (χ0) is 28.1. The first-order valence-electron chi connectivity index (χ1n) is 15.6. The van der Waals surface area contributed by atoms with E-state index in [1.54, 1.807) is 0 Å².